The summed E-state index contributed by atoms with van der Waals surface area (Å²) in [5.74, 6) is 1.04. The van der Waals surface area contributed by atoms with Gasteiger partial charge in [-0.3, -0.25) is 0 Å². The Bertz CT molecular complexity index is 246. The van der Waals surface area contributed by atoms with Crippen LogP contribution in [0.15, 0.2) is 22.8 Å². The summed E-state index contributed by atoms with van der Waals surface area (Å²) in [6, 6.07) is 4.32. The third-order valence-corrected chi connectivity index (χ3v) is 2.17. The lowest BCUT2D eigenvalue weighted by atomic mass is 9.96. The summed E-state index contributed by atoms with van der Waals surface area (Å²) in [5, 5.41) is 3.52. The van der Waals surface area contributed by atoms with Crippen molar-refractivity contribution in [3.63, 3.8) is 0 Å². The number of hydrogen-bond acceptors (Lipinski definition) is 2. The Balaban J connectivity index is 2.49. The molecule has 0 saturated carbocycles. The molecule has 1 unspecified atom stereocenters. The zero-order valence-corrected chi connectivity index (χ0v) is 9.63. The summed E-state index contributed by atoms with van der Waals surface area (Å²) >= 11 is 0. The normalized spacial score (nSPS) is 14.3. The molecule has 0 saturated heterocycles. The minimum atomic E-state index is 0.319. The van der Waals surface area contributed by atoms with Crippen LogP contribution in [0, 0.1) is 5.41 Å². The molecule has 1 heterocycles. The molecule has 1 N–H and O–H groups in total. The van der Waals surface area contributed by atoms with Crippen molar-refractivity contribution in [2.75, 3.05) is 6.54 Å². The highest BCUT2D eigenvalue weighted by Crippen LogP contribution is 2.19. The highest BCUT2D eigenvalue weighted by atomic mass is 16.3. The van der Waals surface area contributed by atoms with Crippen LogP contribution in [0.4, 0.5) is 0 Å². The van der Waals surface area contributed by atoms with Crippen LogP contribution in [0.3, 0.4) is 0 Å². The highest BCUT2D eigenvalue weighted by molar-refractivity contribution is 5.04. The van der Waals surface area contributed by atoms with Crippen molar-refractivity contribution in [2.24, 2.45) is 5.41 Å². The molecule has 2 heteroatoms. The lowest BCUT2D eigenvalue weighted by Crippen LogP contribution is -2.30. The van der Waals surface area contributed by atoms with Crippen LogP contribution in [-0.4, -0.2) is 6.54 Å². The second-order valence-electron chi connectivity index (χ2n) is 4.92. The van der Waals surface area contributed by atoms with E-state index in [1.807, 2.05) is 12.1 Å². The average Bonchev–Trinajstić information content (AvgIpc) is 2.56. The molecular formula is C12H21NO. The van der Waals surface area contributed by atoms with E-state index in [2.05, 4.69) is 33.0 Å². The van der Waals surface area contributed by atoms with Gasteiger partial charge in [-0.25, -0.2) is 0 Å². The molecule has 14 heavy (non-hydrogen) atoms. The molecule has 0 aromatic carbocycles. The molecule has 0 amide bonds. The smallest absolute Gasteiger partial charge is 0.120 e. The fourth-order valence-corrected chi connectivity index (χ4v) is 1.37. The standard InChI is InChI=1S/C12H21NO/c1-5-10(11-7-6-8-14-11)13-9-12(2,3)4/h6-8,10,13H,5,9H2,1-4H3. The molecule has 0 aliphatic carbocycles. The number of rotatable bonds is 4. The SMILES string of the molecule is CCC(NCC(C)(C)C)c1ccco1. The van der Waals surface area contributed by atoms with E-state index in [0.717, 1.165) is 18.7 Å². The van der Waals surface area contributed by atoms with Crippen LogP contribution in [0.2, 0.25) is 0 Å². The van der Waals surface area contributed by atoms with Crippen LogP contribution >= 0.6 is 0 Å². The van der Waals surface area contributed by atoms with E-state index in [4.69, 9.17) is 4.42 Å². The molecule has 0 aliphatic heterocycles. The Labute approximate surface area is 86.7 Å². The van der Waals surface area contributed by atoms with Gasteiger partial charge in [-0.1, -0.05) is 27.7 Å². The van der Waals surface area contributed by atoms with E-state index in [0.29, 0.717) is 11.5 Å². The van der Waals surface area contributed by atoms with Gasteiger partial charge in [0.05, 0.1) is 12.3 Å². The third-order valence-electron chi connectivity index (χ3n) is 2.17. The first-order valence-electron chi connectivity index (χ1n) is 5.29. The van der Waals surface area contributed by atoms with Crippen molar-refractivity contribution in [1.82, 2.24) is 5.32 Å². The Morgan fingerprint density at radius 2 is 2.14 bits per heavy atom. The van der Waals surface area contributed by atoms with Gasteiger partial charge in [0, 0.05) is 6.54 Å². The molecule has 1 rings (SSSR count). The van der Waals surface area contributed by atoms with E-state index < -0.39 is 0 Å². The monoisotopic (exact) mass is 195 g/mol. The maximum absolute atomic E-state index is 5.39. The number of nitrogens with one attached hydrogen (secondary N) is 1. The van der Waals surface area contributed by atoms with E-state index in [1.54, 1.807) is 6.26 Å². The fraction of sp³-hybridized carbons (Fsp3) is 0.667. The summed E-state index contributed by atoms with van der Waals surface area (Å²) in [5.41, 5.74) is 0.319. The fourth-order valence-electron chi connectivity index (χ4n) is 1.37. The molecular weight excluding hydrogens is 174 g/mol. The first-order chi connectivity index (χ1) is 6.53. The molecule has 80 valence electrons. The van der Waals surface area contributed by atoms with Crippen LogP contribution in [0.25, 0.3) is 0 Å². The van der Waals surface area contributed by atoms with E-state index >= 15 is 0 Å². The van der Waals surface area contributed by atoms with Crippen molar-refractivity contribution in [3.8, 4) is 0 Å². The predicted octanol–water partition coefficient (Wildman–Crippen LogP) is 3.37. The van der Waals surface area contributed by atoms with Gasteiger partial charge in [0.2, 0.25) is 0 Å². The Kier molecular flexibility index (Phi) is 3.76. The second-order valence-corrected chi connectivity index (χ2v) is 4.92. The summed E-state index contributed by atoms with van der Waals surface area (Å²) < 4.78 is 5.39. The van der Waals surface area contributed by atoms with Gasteiger partial charge in [-0.05, 0) is 24.0 Å². The quantitative estimate of drug-likeness (QED) is 0.797. The topological polar surface area (TPSA) is 25.2 Å². The summed E-state index contributed by atoms with van der Waals surface area (Å²) in [7, 11) is 0. The minimum absolute atomic E-state index is 0.319. The average molecular weight is 195 g/mol. The molecule has 0 spiro atoms. The third kappa shape index (κ3) is 3.54. The molecule has 2 nitrogen and oxygen atoms in total. The van der Waals surface area contributed by atoms with Gasteiger partial charge in [0.1, 0.15) is 5.76 Å². The molecule has 0 bridgehead atoms. The maximum Gasteiger partial charge on any atom is 0.120 e. The van der Waals surface area contributed by atoms with Crippen molar-refractivity contribution in [3.05, 3.63) is 24.2 Å². The van der Waals surface area contributed by atoms with E-state index in [9.17, 15) is 0 Å². The molecule has 0 radical (unpaired) electrons. The molecule has 0 aliphatic rings. The minimum Gasteiger partial charge on any atom is -0.468 e. The van der Waals surface area contributed by atoms with Crippen molar-refractivity contribution < 1.29 is 4.42 Å². The van der Waals surface area contributed by atoms with Crippen molar-refractivity contribution >= 4 is 0 Å². The van der Waals surface area contributed by atoms with Crippen LogP contribution in [-0.2, 0) is 0 Å². The van der Waals surface area contributed by atoms with Crippen LogP contribution in [0.1, 0.15) is 45.9 Å². The zero-order valence-electron chi connectivity index (χ0n) is 9.63. The number of furan rings is 1. The first kappa shape index (κ1) is 11.3. The molecule has 1 atom stereocenters. The number of hydrogen-bond donors (Lipinski definition) is 1. The van der Waals surface area contributed by atoms with Gasteiger partial charge in [-0.15, -0.1) is 0 Å². The summed E-state index contributed by atoms with van der Waals surface area (Å²) in [6.07, 6.45) is 2.79. The summed E-state index contributed by atoms with van der Waals surface area (Å²) in [4.78, 5) is 0. The van der Waals surface area contributed by atoms with Gasteiger partial charge < -0.3 is 9.73 Å². The first-order valence-corrected chi connectivity index (χ1v) is 5.29. The van der Waals surface area contributed by atoms with E-state index in [1.165, 1.54) is 0 Å². The van der Waals surface area contributed by atoms with Gasteiger partial charge in [-0.2, -0.15) is 0 Å². The van der Waals surface area contributed by atoms with Crippen LogP contribution < -0.4 is 5.32 Å². The second kappa shape index (κ2) is 4.65. The zero-order chi connectivity index (χ0) is 10.6. The lowest BCUT2D eigenvalue weighted by molar-refractivity contribution is 0.324. The molecule has 0 fully saturated rings. The molecule has 1 aromatic rings. The van der Waals surface area contributed by atoms with Gasteiger partial charge in [0.15, 0.2) is 0 Å². The lowest BCUT2D eigenvalue weighted by Gasteiger charge is -2.23. The van der Waals surface area contributed by atoms with Gasteiger partial charge >= 0.3 is 0 Å². The largest absolute Gasteiger partial charge is 0.468 e. The van der Waals surface area contributed by atoms with Crippen molar-refractivity contribution in [1.29, 1.82) is 0 Å². The predicted molar refractivity (Wildman–Crippen MR) is 59.2 cm³/mol. The maximum atomic E-state index is 5.39. The van der Waals surface area contributed by atoms with Crippen LogP contribution in [0.5, 0.6) is 0 Å². The van der Waals surface area contributed by atoms with Gasteiger partial charge in [0.25, 0.3) is 0 Å². The Hall–Kier alpha value is -0.760. The Morgan fingerprint density at radius 1 is 1.43 bits per heavy atom. The highest BCUT2D eigenvalue weighted by Gasteiger charge is 2.15. The van der Waals surface area contributed by atoms with Crippen molar-refractivity contribution in [2.45, 2.75) is 40.2 Å². The van der Waals surface area contributed by atoms with E-state index in [-0.39, 0.29) is 0 Å². The Morgan fingerprint density at radius 3 is 2.57 bits per heavy atom. The summed E-state index contributed by atoms with van der Waals surface area (Å²) in [6.45, 7) is 9.87. The molecule has 1 aromatic heterocycles.